The minimum absolute atomic E-state index is 0.0869. The molecule has 0 saturated carbocycles. The van der Waals surface area contributed by atoms with E-state index in [0.29, 0.717) is 0 Å². The van der Waals surface area contributed by atoms with Crippen molar-refractivity contribution >= 4 is 84.8 Å². The molecule has 0 spiro atoms. The van der Waals surface area contributed by atoms with Crippen molar-refractivity contribution in [3.8, 4) is 27.9 Å². The first kappa shape index (κ1) is 26.8. The van der Waals surface area contributed by atoms with Gasteiger partial charge in [0.05, 0.1) is 11.0 Å². The second kappa shape index (κ2) is 9.44. The monoisotopic (exact) mass is 647 g/mol. The summed E-state index contributed by atoms with van der Waals surface area (Å²) in [6.07, 6.45) is 0. The largest absolute Gasteiger partial charge is 0.309 e. The highest BCUT2D eigenvalue weighted by Gasteiger charge is 2.38. The molecule has 1 nitrogen and oxygen atoms in total. The van der Waals surface area contributed by atoms with Crippen molar-refractivity contribution in [2.45, 2.75) is 19.3 Å². The Kier molecular flexibility index (Phi) is 5.27. The third-order valence-corrected chi connectivity index (χ3v) is 13.1. The average molecular weight is 648 g/mol. The van der Waals surface area contributed by atoms with Gasteiger partial charge < -0.3 is 4.57 Å². The van der Waals surface area contributed by atoms with E-state index in [1.165, 1.54) is 101 Å². The minimum atomic E-state index is -0.0869. The lowest BCUT2D eigenvalue weighted by atomic mass is 9.80. The molecule has 1 aliphatic rings. The lowest BCUT2D eigenvalue weighted by molar-refractivity contribution is 0.666. The molecule has 0 atom stereocenters. The molecule has 0 saturated heterocycles. The molecule has 0 radical (unpaired) electrons. The van der Waals surface area contributed by atoms with Gasteiger partial charge in [0.2, 0.25) is 0 Å². The van der Waals surface area contributed by atoms with Crippen LogP contribution in [0.25, 0.3) is 90.1 Å². The molecule has 3 aromatic heterocycles. The summed E-state index contributed by atoms with van der Waals surface area (Å²) in [7, 11) is 0. The zero-order valence-corrected chi connectivity index (χ0v) is 28.2. The molecule has 0 unspecified atom stereocenters. The highest BCUT2D eigenvalue weighted by atomic mass is 32.1. The van der Waals surface area contributed by atoms with Crippen molar-refractivity contribution in [2.75, 3.05) is 0 Å². The second-order valence-corrected chi connectivity index (χ2v) is 15.8. The van der Waals surface area contributed by atoms with Crippen LogP contribution in [0.5, 0.6) is 0 Å². The van der Waals surface area contributed by atoms with Crippen LogP contribution in [-0.4, -0.2) is 4.57 Å². The predicted molar refractivity (Wildman–Crippen MR) is 210 cm³/mol. The van der Waals surface area contributed by atoms with E-state index in [0.717, 1.165) is 0 Å². The van der Waals surface area contributed by atoms with Crippen molar-refractivity contribution in [3.63, 3.8) is 0 Å². The molecule has 11 rings (SSSR count). The highest BCUT2D eigenvalue weighted by molar-refractivity contribution is 7.26. The molecular weight excluding hydrogens is 619 g/mol. The summed E-state index contributed by atoms with van der Waals surface area (Å²) in [4.78, 5) is 0. The van der Waals surface area contributed by atoms with Crippen molar-refractivity contribution in [1.82, 2.24) is 4.57 Å². The normalized spacial score (nSPS) is 13.8. The van der Waals surface area contributed by atoms with Crippen LogP contribution in [0.4, 0.5) is 0 Å². The van der Waals surface area contributed by atoms with E-state index in [4.69, 9.17) is 0 Å². The first-order chi connectivity index (χ1) is 23.6. The fraction of sp³-hybridized carbons (Fsp3) is 0.0667. The van der Waals surface area contributed by atoms with Gasteiger partial charge in [-0.05, 0) is 70.3 Å². The van der Waals surface area contributed by atoms with Gasteiger partial charge in [-0.15, -0.1) is 22.7 Å². The molecule has 10 aromatic rings. The van der Waals surface area contributed by atoms with E-state index in [9.17, 15) is 0 Å². The fourth-order valence-electron chi connectivity index (χ4n) is 8.75. The molecule has 0 amide bonds. The Morgan fingerprint density at radius 1 is 0.458 bits per heavy atom. The number of fused-ring (bicyclic) bond motifs is 13. The number of aromatic nitrogens is 1. The van der Waals surface area contributed by atoms with Crippen LogP contribution in [-0.2, 0) is 5.41 Å². The number of hydrogen-bond acceptors (Lipinski definition) is 2. The van der Waals surface area contributed by atoms with Crippen molar-refractivity contribution in [2.24, 2.45) is 0 Å². The van der Waals surface area contributed by atoms with E-state index in [1.807, 2.05) is 22.7 Å². The fourth-order valence-corrected chi connectivity index (χ4v) is 11.1. The molecule has 0 bridgehead atoms. The van der Waals surface area contributed by atoms with Crippen molar-refractivity contribution in [1.29, 1.82) is 0 Å². The summed E-state index contributed by atoms with van der Waals surface area (Å²) in [5.41, 5.74) is 11.9. The van der Waals surface area contributed by atoms with Crippen LogP contribution in [0, 0.1) is 0 Å². The molecule has 7 aromatic carbocycles. The van der Waals surface area contributed by atoms with Crippen LogP contribution in [0.2, 0.25) is 0 Å². The summed E-state index contributed by atoms with van der Waals surface area (Å²) in [5, 5.41) is 8.04. The maximum Gasteiger partial charge on any atom is 0.0544 e. The number of benzene rings is 7. The Hall–Kier alpha value is -5.22. The van der Waals surface area contributed by atoms with Gasteiger partial charge in [0.25, 0.3) is 0 Å². The Bertz CT molecular complexity index is 2980. The molecule has 3 heterocycles. The van der Waals surface area contributed by atoms with Crippen LogP contribution in [0.15, 0.2) is 140 Å². The molecule has 1 aliphatic carbocycles. The number of thiophene rings is 2. The molecular formula is C45H29NS2. The quantitative estimate of drug-likeness (QED) is 0.176. The zero-order valence-electron chi connectivity index (χ0n) is 26.5. The highest BCUT2D eigenvalue weighted by Crippen LogP contribution is 2.53. The molecule has 0 N–H and O–H groups in total. The second-order valence-electron chi connectivity index (χ2n) is 13.6. The Balaban J connectivity index is 1.20. The third kappa shape index (κ3) is 3.40. The number of hydrogen-bond donors (Lipinski definition) is 0. The van der Waals surface area contributed by atoms with E-state index in [2.05, 4.69) is 158 Å². The summed E-state index contributed by atoms with van der Waals surface area (Å²) in [6, 6.07) is 52.2. The molecule has 3 heteroatoms. The Morgan fingerprint density at radius 2 is 1.17 bits per heavy atom. The Morgan fingerprint density at radius 3 is 2.10 bits per heavy atom. The van der Waals surface area contributed by atoms with Gasteiger partial charge in [-0.3, -0.25) is 0 Å². The number of para-hydroxylation sites is 1. The van der Waals surface area contributed by atoms with Gasteiger partial charge in [0.1, 0.15) is 0 Å². The minimum Gasteiger partial charge on any atom is -0.309 e. The summed E-state index contributed by atoms with van der Waals surface area (Å²) in [6.45, 7) is 4.79. The molecule has 226 valence electrons. The third-order valence-electron chi connectivity index (χ3n) is 10.8. The zero-order chi connectivity index (χ0) is 31.7. The lowest BCUT2D eigenvalue weighted by Gasteiger charge is -2.22. The maximum atomic E-state index is 2.50. The molecule has 0 aliphatic heterocycles. The van der Waals surface area contributed by atoms with E-state index in [-0.39, 0.29) is 5.41 Å². The standard InChI is InChI=1S/C45H29NS2/c1-45(2)35-17-6-3-11-27(35)30-22-23-37-42(43(30)45)33-13-4-7-18-36(33)46(37)26-21-24-39-34(25-26)41-29(14-10-20-40(41)47-39)32-16-9-15-31-28-12-5-8-19-38(28)48-44(31)32/h3-25H,1-2H3. The lowest BCUT2D eigenvalue weighted by Crippen LogP contribution is -2.15. The van der Waals surface area contributed by atoms with E-state index < -0.39 is 0 Å². The Labute approximate surface area is 285 Å². The van der Waals surface area contributed by atoms with Crippen LogP contribution >= 0.6 is 22.7 Å². The molecule has 48 heavy (non-hydrogen) atoms. The van der Waals surface area contributed by atoms with Crippen LogP contribution in [0.1, 0.15) is 25.0 Å². The molecule has 0 fully saturated rings. The average Bonchev–Trinajstić information content (AvgIpc) is 3.85. The number of nitrogens with zero attached hydrogens (tertiary/aromatic N) is 1. The van der Waals surface area contributed by atoms with Crippen LogP contribution in [0.3, 0.4) is 0 Å². The number of rotatable bonds is 2. The van der Waals surface area contributed by atoms with E-state index >= 15 is 0 Å². The van der Waals surface area contributed by atoms with Gasteiger partial charge in [-0.25, -0.2) is 0 Å². The van der Waals surface area contributed by atoms with Gasteiger partial charge in [0.15, 0.2) is 0 Å². The summed E-state index contributed by atoms with van der Waals surface area (Å²) < 4.78 is 7.86. The van der Waals surface area contributed by atoms with Crippen molar-refractivity contribution < 1.29 is 0 Å². The summed E-state index contributed by atoms with van der Waals surface area (Å²) in [5.74, 6) is 0. The van der Waals surface area contributed by atoms with E-state index in [1.54, 1.807) is 0 Å². The first-order valence-electron chi connectivity index (χ1n) is 16.6. The first-order valence-corrected chi connectivity index (χ1v) is 18.2. The van der Waals surface area contributed by atoms with Crippen molar-refractivity contribution in [3.05, 3.63) is 151 Å². The van der Waals surface area contributed by atoms with Crippen LogP contribution < -0.4 is 0 Å². The van der Waals surface area contributed by atoms with Gasteiger partial charge in [-0.1, -0.05) is 111 Å². The van der Waals surface area contributed by atoms with Gasteiger partial charge in [0, 0.05) is 67.8 Å². The topological polar surface area (TPSA) is 4.93 Å². The maximum absolute atomic E-state index is 2.50. The summed E-state index contributed by atoms with van der Waals surface area (Å²) >= 11 is 3.81. The smallest absolute Gasteiger partial charge is 0.0544 e. The SMILES string of the molecule is CC1(C)c2ccccc2-c2ccc3c(c21)c1ccccc1n3-c1ccc2sc3cccc(-c4cccc5c4sc4ccccc45)c3c2c1. The van der Waals surface area contributed by atoms with Gasteiger partial charge in [-0.2, -0.15) is 0 Å². The predicted octanol–water partition coefficient (Wildman–Crippen LogP) is 13.5. The van der Waals surface area contributed by atoms with Gasteiger partial charge >= 0.3 is 0 Å².